The Bertz CT molecular complexity index is 1310. The maximum absolute atomic E-state index is 13.7. The monoisotopic (exact) mass is 567 g/mol. The van der Waals surface area contributed by atoms with Crippen molar-refractivity contribution < 1.29 is 4.39 Å². The third-order valence-corrected chi connectivity index (χ3v) is 8.07. The first-order chi connectivity index (χ1) is 16.7. The maximum atomic E-state index is 13.7. The molecule has 0 aliphatic rings. The van der Waals surface area contributed by atoms with Crippen LogP contribution in [0.4, 0.5) is 4.39 Å². The van der Waals surface area contributed by atoms with Crippen LogP contribution in [0.1, 0.15) is 30.7 Å². The first-order valence-electron chi connectivity index (χ1n) is 10.6. The van der Waals surface area contributed by atoms with E-state index in [9.17, 15) is 4.39 Å². The van der Waals surface area contributed by atoms with E-state index in [1.807, 2.05) is 36.5 Å². The quantitative estimate of drug-likeness (QED) is 0.181. The van der Waals surface area contributed by atoms with Gasteiger partial charge in [-0.3, -0.25) is 4.57 Å². The number of hydrogen-bond donors (Lipinski definition) is 2. The lowest BCUT2D eigenvalue weighted by atomic mass is 9.81. The fourth-order valence-electron chi connectivity index (χ4n) is 3.55. The largest absolute Gasteiger partial charge is 0.333 e. The Morgan fingerprint density at radius 2 is 1.60 bits per heavy atom. The average molecular weight is 569 g/mol. The third kappa shape index (κ3) is 6.37. The molecule has 1 aromatic heterocycles. The van der Waals surface area contributed by atoms with Gasteiger partial charge in [-0.1, -0.05) is 72.5 Å². The summed E-state index contributed by atoms with van der Waals surface area (Å²) in [7, 11) is 1.50. The van der Waals surface area contributed by atoms with Crippen molar-refractivity contribution in [3.8, 4) is 5.69 Å². The maximum Gasteiger partial charge on any atom is 0.173 e. The third-order valence-electron chi connectivity index (χ3n) is 5.47. The molecule has 184 valence electrons. The van der Waals surface area contributed by atoms with Gasteiger partial charge in [0.15, 0.2) is 5.16 Å². The summed E-state index contributed by atoms with van der Waals surface area (Å²) in [6.07, 6.45) is 1.86. The van der Waals surface area contributed by atoms with Crippen LogP contribution in [0, 0.1) is 5.82 Å². The molecule has 35 heavy (non-hydrogen) atoms. The van der Waals surface area contributed by atoms with E-state index in [1.165, 1.54) is 19.2 Å². The molecule has 0 amide bonds. The van der Waals surface area contributed by atoms with Gasteiger partial charge in [0.1, 0.15) is 5.82 Å². The van der Waals surface area contributed by atoms with Crippen molar-refractivity contribution >= 4 is 59.2 Å². The van der Waals surface area contributed by atoms with Crippen LogP contribution in [-0.4, -0.2) is 16.6 Å². The molecule has 0 saturated carbocycles. The minimum Gasteiger partial charge on any atom is -0.333 e. The summed E-state index contributed by atoms with van der Waals surface area (Å²) < 4.78 is 15.7. The normalized spacial score (nSPS) is 11.2. The zero-order valence-corrected chi connectivity index (χ0v) is 23.4. The molecule has 9 heteroatoms. The number of imidazole rings is 1. The first kappa shape index (κ1) is 27.9. The van der Waals surface area contributed by atoms with Crippen LogP contribution in [0.15, 0.2) is 76.9 Å². The van der Waals surface area contributed by atoms with Crippen LogP contribution < -0.4 is 5.73 Å². The zero-order chi connectivity index (χ0) is 25.8. The van der Waals surface area contributed by atoms with Gasteiger partial charge in [-0.05, 0) is 66.7 Å². The van der Waals surface area contributed by atoms with E-state index < -0.39 is 5.41 Å². The molecule has 0 atom stereocenters. The number of nitrogens with two attached hydrogens (primary N) is 1. The summed E-state index contributed by atoms with van der Waals surface area (Å²) in [5.74, 6) is 0.385. The van der Waals surface area contributed by atoms with Crippen LogP contribution in [0.5, 0.6) is 0 Å². The number of halogens is 4. The van der Waals surface area contributed by atoms with E-state index >= 15 is 0 Å². The van der Waals surface area contributed by atoms with Gasteiger partial charge in [0, 0.05) is 21.8 Å². The molecule has 0 unspecified atom stereocenters. The van der Waals surface area contributed by atoms with E-state index in [2.05, 4.69) is 36.8 Å². The highest BCUT2D eigenvalue weighted by Crippen LogP contribution is 2.38. The Balaban J connectivity index is 0.00000167. The van der Waals surface area contributed by atoms with Crippen LogP contribution in [0.2, 0.25) is 15.1 Å². The number of aromatic nitrogens is 2. The Kier molecular flexibility index (Phi) is 9.60. The number of thiol groups is 1. The summed E-state index contributed by atoms with van der Waals surface area (Å²) in [5, 5.41) is 2.41. The molecule has 0 radical (unpaired) electrons. The van der Waals surface area contributed by atoms with Gasteiger partial charge < -0.3 is 5.73 Å². The van der Waals surface area contributed by atoms with Gasteiger partial charge >= 0.3 is 0 Å². The Labute approximate surface area is 230 Å². The Morgan fingerprint density at radius 3 is 2.23 bits per heavy atom. The van der Waals surface area contributed by atoms with E-state index in [-0.39, 0.29) is 5.82 Å². The molecule has 2 N–H and O–H groups in total. The lowest BCUT2D eigenvalue weighted by molar-refractivity contribution is 0.591. The molecular weight excluding hydrogens is 544 g/mol. The second-order valence-electron chi connectivity index (χ2n) is 8.07. The Morgan fingerprint density at radius 1 is 0.943 bits per heavy atom. The smallest absolute Gasteiger partial charge is 0.173 e. The SMILES string of the molecule is CC(C)(c1ccc(Cl)c(Cl)c1)c1cnc(SCc2ccc(Cl)c(S)c2)n1-c1ccc(F)cc1.CN. The van der Waals surface area contributed by atoms with E-state index in [1.54, 1.807) is 30.0 Å². The molecule has 0 spiro atoms. The number of nitrogens with zero attached hydrogens (tertiary/aromatic N) is 2. The summed E-state index contributed by atoms with van der Waals surface area (Å²) in [6, 6.07) is 17.8. The molecule has 0 saturated heterocycles. The van der Waals surface area contributed by atoms with Crippen LogP contribution in [0.3, 0.4) is 0 Å². The summed E-state index contributed by atoms with van der Waals surface area (Å²) >= 11 is 24.6. The van der Waals surface area contributed by atoms with Crippen molar-refractivity contribution in [2.24, 2.45) is 5.73 Å². The van der Waals surface area contributed by atoms with Crippen LogP contribution >= 0.6 is 59.2 Å². The number of rotatable bonds is 6. The van der Waals surface area contributed by atoms with Gasteiger partial charge in [-0.2, -0.15) is 0 Å². The fourth-order valence-corrected chi connectivity index (χ4v) is 5.14. The van der Waals surface area contributed by atoms with Crippen molar-refractivity contribution in [2.75, 3.05) is 7.05 Å². The summed E-state index contributed by atoms with van der Waals surface area (Å²) in [5.41, 5.74) is 7.89. The van der Waals surface area contributed by atoms with Crippen LogP contribution in [-0.2, 0) is 11.2 Å². The highest BCUT2D eigenvalue weighted by molar-refractivity contribution is 7.98. The molecule has 0 aliphatic heterocycles. The molecule has 0 bridgehead atoms. The van der Waals surface area contributed by atoms with Crippen molar-refractivity contribution in [3.63, 3.8) is 0 Å². The van der Waals surface area contributed by atoms with E-state index in [4.69, 9.17) is 39.8 Å². The molecule has 0 aliphatic carbocycles. The Hall–Kier alpha value is -1.67. The molecule has 3 nitrogen and oxygen atoms in total. The highest BCUT2D eigenvalue weighted by atomic mass is 35.5. The summed E-state index contributed by atoms with van der Waals surface area (Å²) in [4.78, 5) is 5.46. The van der Waals surface area contributed by atoms with Crippen molar-refractivity contribution in [2.45, 2.75) is 35.1 Å². The predicted octanol–water partition coefficient (Wildman–Crippen LogP) is 8.45. The molecular formula is C26H25Cl3FN3S2. The minimum atomic E-state index is -0.451. The van der Waals surface area contributed by atoms with E-state index in [0.29, 0.717) is 20.8 Å². The van der Waals surface area contributed by atoms with Crippen molar-refractivity contribution in [1.82, 2.24) is 9.55 Å². The number of thioether (sulfide) groups is 1. The van der Waals surface area contributed by atoms with Crippen molar-refractivity contribution in [1.29, 1.82) is 0 Å². The minimum absolute atomic E-state index is 0.291. The summed E-state index contributed by atoms with van der Waals surface area (Å²) in [6.45, 7) is 4.20. The lowest BCUT2D eigenvalue weighted by Gasteiger charge is -2.28. The second kappa shape index (κ2) is 12.0. The molecule has 1 heterocycles. The molecule has 4 aromatic rings. The van der Waals surface area contributed by atoms with Gasteiger partial charge in [0.2, 0.25) is 0 Å². The predicted molar refractivity (Wildman–Crippen MR) is 150 cm³/mol. The standard InChI is InChI=1S/C25H20Cl3FN2S2.CH5N/c1-25(2,16-4-10-19(26)21(28)12-16)23-13-30-24(31(23)18-7-5-17(29)6-8-18)33-14-15-3-9-20(27)22(32)11-15;1-2/h3-13,32H,14H2,1-2H3;2H2,1H3. The van der Waals surface area contributed by atoms with Gasteiger partial charge in [-0.25, -0.2) is 9.37 Å². The van der Waals surface area contributed by atoms with Crippen molar-refractivity contribution in [3.05, 3.63) is 105 Å². The van der Waals surface area contributed by atoms with E-state index in [0.717, 1.165) is 32.6 Å². The highest BCUT2D eigenvalue weighted by Gasteiger charge is 2.30. The average Bonchev–Trinajstić information content (AvgIpc) is 3.28. The fraction of sp³-hybridized carbons (Fsp3) is 0.192. The van der Waals surface area contributed by atoms with Crippen LogP contribution in [0.25, 0.3) is 5.69 Å². The van der Waals surface area contributed by atoms with Gasteiger partial charge in [-0.15, -0.1) is 12.6 Å². The van der Waals surface area contributed by atoms with Gasteiger partial charge in [0.05, 0.1) is 27.0 Å². The van der Waals surface area contributed by atoms with Gasteiger partial charge in [0.25, 0.3) is 0 Å². The second-order valence-corrected chi connectivity index (χ2v) is 10.7. The number of hydrogen-bond acceptors (Lipinski definition) is 4. The molecule has 3 aromatic carbocycles. The topological polar surface area (TPSA) is 43.8 Å². The molecule has 0 fully saturated rings. The lowest BCUT2D eigenvalue weighted by Crippen LogP contribution is -2.23. The zero-order valence-electron chi connectivity index (χ0n) is 19.4. The molecule has 4 rings (SSSR count). The number of benzene rings is 3. The first-order valence-corrected chi connectivity index (χ1v) is 13.2.